The predicted molar refractivity (Wildman–Crippen MR) is 162 cm³/mol. The van der Waals surface area contributed by atoms with Gasteiger partial charge in [0.25, 0.3) is 5.91 Å². The number of phenolic OH excluding ortho intramolecular Hbond substituents is 1. The van der Waals surface area contributed by atoms with E-state index in [1.54, 1.807) is 45.0 Å². The number of aliphatic hydroxyl groups is 1. The van der Waals surface area contributed by atoms with Crippen LogP contribution < -0.4 is 10.6 Å². The lowest BCUT2D eigenvalue weighted by Crippen LogP contribution is -2.54. The molecule has 0 saturated heterocycles. The summed E-state index contributed by atoms with van der Waals surface area (Å²) in [7, 11) is 0. The average Bonchev–Trinajstić information content (AvgIpc) is 2.90. The van der Waals surface area contributed by atoms with Gasteiger partial charge < -0.3 is 30.5 Å². The van der Waals surface area contributed by atoms with Crippen molar-refractivity contribution < 1.29 is 29.3 Å². The SMILES string of the molecule is Cc1ccc(C(C(=O)Nc2ccccc2C)N(CCO)C(=O)C(Cc2ccc(O)cc2)NC(=O)OC(C)(C)C)c(C)c1. The molecule has 0 aromatic heterocycles. The molecule has 0 aliphatic heterocycles. The summed E-state index contributed by atoms with van der Waals surface area (Å²) in [5.41, 5.74) is 3.68. The predicted octanol–water partition coefficient (Wildman–Crippen LogP) is 4.95. The van der Waals surface area contributed by atoms with Gasteiger partial charge in [-0.05, 0) is 82.0 Å². The molecule has 4 N–H and O–H groups in total. The molecular weight excluding hydrogens is 534 g/mol. The zero-order valence-corrected chi connectivity index (χ0v) is 25.1. The third kappa shape index (κ3) is 8.81. The second-order valence-electron chi connectivity index (χ2n) is 11.4. The molecule has 2 atom stereocenters. The molecule has 0 aliphatic rings. The molecule has 3 aromatic carbocycles. The molecule has 0 fully saturated rings. The molecule has 2 unspecified atom stereocenters. The average molecular weight is 576 g/mol. The van der Waals surface area contributed by atoms with Crippen LogP contribution in [-0.2, 0) is 20.7 Å². The second kappa shape index (κ2) is 14.0. The Bertz CT molecular complexity index is 1400. The summed E-state index contributed by atoms with van der Waals surface area (Å²) in [5, 5.41) is 25.5. The maximum Gasteiger partial charge on any atom is 0.408 e. The van der Waals surface area contributed by atoms with Gasteiger partial charge in [0.05, 0.1) is 6.61 Å². The van der Waals surface area contributed by atoms with Gasteiger partial charge in [0, 0.05) is 18.7 Å². The van der Waals surface area contributed by atoms with E-state index < -0.39 is 42.2 Å². The Morgan fingerprint density at radius 3 is 2.19 bits per heavy atom. The Hall–Kier alpha value is -4.37. The molecule has 0 bridgehead atoms. The molecular formula is C33H41N3O6. The van der Waals surface area contributed by atoms with Crippen molar-refractivity contribution in [3.05, 3.63) is 94.5 Å². The van der Waals surface area contributed by atoms with Crippen LogP contribution in [0.3, 0.4) is 0 Å². The molecule has 224 valence electrons. The quantitative estimate of drug-likeness (QED) is 0.271. The molecule has 0 heterocycles. The number of benzene rings is 3. The van der Waals surface area contributed by atoms with Crippen LogP contribution in [0.2, 0.25) is 0 Å². The third-order valence-electron chi connectivity index (χ3n) is 6.67. The first-order chi connectivity index (χ1) is 19.8. The van der Waals surface area contributed by atoms with E-state index in [1.807, 2.05) is 51.1 Å². The summed E-state index contributed by atoms with van der Waals surface area (Å²) in [6, 6.07) is 16.9. The van der Waals surface area contributed by atoms with Crippen molar-refractivity contribution in [1.82, 2.24) is 10.2 Å². The highest BCUT2D eigenvalue weighted by Crippen LogP contribution is 2.29. The highest BCUT2D eigenvalue weighted by Gasteiger charge is 2.37. The first-order valence-corrected chi connectivity index (χ1v) is 13.9. The van der Waals surface area contributed by atoms with Crippen LogP contribution in [0, 0.1) is 20.8 Å². The van der Waals surface area contributed by atoms with Crippen molar-refractivity contribution >= 4 is 23.6 Å². The molecule has 0 aliphatic carbocycles. The number of phenols is 1. The molecule has 0 radical (unpaired) electrons. The molecule has 0 saturated carbocycles. The van der Waals surface area contributed by atoms with E-state index in [1.165, 1.54) is 17.0 Å². The van der Waals surface area contributed by atoms with Gasteiger partial charge in [-0.3, -0.25) is 9.59 Å². The maximum absolute atomic E-state index is 14.3. The minimum atomic E-state index is -1.14. The first-order valence-electron chi connectivity index (χ1n) is 13.9. The number of carbonyl (C=O) groups excluding carboxylic acids is 3. The number of amides is 3. The van der Waals surface area contributed by atoms with Gasteiger partial charge in [-0.15, -0.1) is 0 Å². The van der Waals surface area contributed by atoms with Gasteiger partial charge in [-0.25, -0.2) is 4.79 Å². The zero-order valence-electron chi connectivity index (χ0n) is 25.1. The summed E-state index contributed by atoms with van der Waals surface area (Å²) >= 11 is 0. The van der Waals surface area contributed by atoms with Crippen LogP contribution in [0.4, 0.5) is 10.5 Å². The molecule has 0 spiro atoms. The van der Waals surface area contributed by atoms with E-state index in [4.69, 9.17) is 4.74 Å². The van der Waals surface area contributed by atoms with Crippen molar-refractivity contribution in [2.45, 2.75) is 65.6 Å². The Labute approximate surface area is 247 Å². The topological polar surface area (TPSA) is 128 Å². The number of nitrogens with zero attached hydrogens (tertiary/aromatic N) is 1. The summed E-state index contributed by atoms with van der Waals surface area (Å²) in [6.45, 7) is 10.2. The standard InChI is InChI=1S/C33H41N3O6/c1-21-11-16-26(23(3)19-21)29(30(39)34-27-10-8-7-9-22(27)2)36(17-18-37)31(40)28(35-32(41)42-33(4,5)6)20-24-12-14-25(38)15-13-24/h7-16,19,28-29,37-38H,17-18,20H2,1-6H3,(H,34,39)(H,35,41). The lowest BCUT2D eigenvalue weighted by molar-refractivity contribution is -0.141. The number of alkyl carbamates (subject to hydrolysis) is 1. The van der Waals surface area contributed by atoms with E-state index >= 15 is 0 Å². The number of anilines is 1. The normalized spacial score (nSPS) is 12.6. The van der Waals surface area contributed by atoms with Gasteiger partial charge in [0.2, 0.25) is 5.91 Å². The van der Waals surface area contributed by atoms with E-state index in [0.29, 0.717) is 16.8 Å². The number of nitrogens with one attached hydrogen (secondary N) is 2. The number of ether oxygens (including phenoxy) is 1. The zero-order chi connectivity index (χ0) is 31.0. The molecule has 9 nitrogen and oxygen atoms in total. The smallest absolute Gasteiger partial charge is 0.408 e. The van der Waals surface area contributed by atoms with Crippen LogP contribution >= 0.6 is 0 Å². The van der Waals surface area contributed by atoms with E-state index in [-0.39, 0.29) is 18.7 Å². The van der Waals surface area contributed by atoms with Crippen LogP contribution in [0.5, 0.6) is 5.75 Å². The lowest BCUT2D eigenvalue weighted by atomic mass is 9.95. The third-order valence-corrected chi connectivity index (χ3v) is 6.67. The second-order valence-corrected chi connectivity index (χ2v) is 11.4. The van der Waals surface area contributed by atoms with E-state index in [9.17, 15) is 24.6 Å². The molecule has 3 aromatic rings. The fourth-order valence-electron chi connectivity index (χ4n) is 4.69. The van der Waals surface area contributed by atoms with Gasteiger partial charge in [0.15, 0.2) is 0 Å². The van der Waals surface area contributed by atoms with Crippen molar-refractivity contribution in [2.24, 2.45) is 0 Å². The summed E-state index contributed by atoms with van der Waals surface area (Å²) in [6.07, 6.45) is -0.741. The minimum absolute atomic E-state index is 0.0549. The number of hydrogen-bond acceptors (Lipinski definition) is 6. The Balaban J connectivity index is 2.08. The molecule has 42 heavy (non-hydrogen) atoms. The number of para-hydroxylation sites is 1. The van der Waals surface area contributed by atoms with Gasteiger partial charge in [-0.2, -0.15) is 0 Å². The van der Waals surface area contributed by atoms with Gasteiger partial charge in [-0.1, -0.05) is 54.1 Å². The highest BCUT2D eigenvalue weighted by atomic mass is 16.6. The van der Waals surface area contributed by atoms with Crippen LogP contribution in [-0.4, -0.2) is 57.8 Å². The van der Waals surface area contributed by atoms with Gasteiger partial charge >= 0.3 is 6.09 Å². The van der Waals surface area contributed by atoms with Crippen molar-refractivity contribution in [1.29, 1.82) is 0 Å². The number of aromatic hydroxyl groups is 1. The summed E-state index contributed by atoms with van der Waals surface area (Å²) < 4.78 is 5.44. The maximum atomic E-state index is 14.3. The highest BCUT2D eigenvalue weighted by molar-refractivity contribution is 5.99. The number of carbonyl (C=O) groups is 3. The van der Waals surface area contributed by atoms with Crippen LogP contribution in [0.15, 0.2) is 66.7 Å². The molecule has 9 heteroatoms. The monoisotopic (exact) mass is 575 g/mol. The summed E-state index contributed by atoms with van der Waals surface area (Å²) in [5.74, 6) is -0.974. The Kier molecular flexibility index (Phi) is 10.7. The van der Waals surface area contributed by atoms with Crippen molar-refractivity contribution in [3.8, 4) is 5.75 Å². The lowest BCUT2D eigenvalue weighted by Gasteiger charge is -2.35. The fraction of sp³-hybridized carbons (Fsp3) is 0.364. The number of aryl methyl sites for hydroxylation is 3. The summed E-state index contributed by atoms with van der Waals surface area (Å²) in [4.78, 5) is 42.5. The minimum Gasteiger partial charge on any atom is -0.508 e. The van der Waals surface area contributed by atoms with Crippen LogP contribution in [0.25, 0.3) is 0 Å². The number of hydrogen-bond donors (Lipinski definition) is 4. The first kappa shape index (κ1) is 32.1. The van der Waals surface area contributed by atoms with Crippen molar-refractivity contribution in [2.75, 3.05) is 18.5 Å². The number of rotatable bonds is 10. The Morgan fingerprint density at radius 2 is 1.60 bits per heavy atom. The van der Waals surface area contributed by atoms with Crippen molar-refractivity contribution in [3.63, 3.8) is 0 Å². The fourth-order valence-corrected chi connectivity index (χ4v) is 4.69. The van der Waals surface area contributed by atoms with Gasteiger partial charge in [0.1, 0.15) is 23.4 Å². The van der Waals surface area contributed by atoms with Crippen LogP contribution in [0.1, 0.15) is 54.6 Å². The number of aliphatic hydroxyl groups excluding tert-OH is 1. The van der Waals surface area contributed by atoms with E-state index in [2.05, 4.69) is 10.6 Å². The largest absolute Gasteiger partial charge is 0.508 e. The molecule has 3 rings (SSSR count). The molecule has 3 amide bonds. The van der Waals surface area contributed by atoms with E-state index in [0.717, 1.165) is 16.7 Å². The Morgan fingerprint density at radius 1 is 0.929 bits per heavy atom.